The molecule has 0 aliphatic heterocycles. The van der Waals surface area contributed by atoms with Gasteiger partial charge in [-0.1, -0.05) is 19.8 Å². The summed E-state index contributed by atoms with van der Waals surface area (Å²) in [6.45, 7) is 6.68. The number of rotatable bonds is 8. The van der Waals surface area contributed by atoms with Gasteiger partial charge in [-0.2, -0.15) is 5.10 Å². The summed E-state index contributed by atoms with van der Waals surface area (Å²) in [5.41, 5.74) is 9.02. The molecule has 1 aromatic heterocycles. The van der Waals surface area contributed by atoms with E-state index in [1.807, 2.05) is 25.6 Å². The summed E-state index contributed by atoms with van der Waals surface area (Å²) in [7, 11) is 1.93. The lowest BCUT2D eigenvalue weighted by molar-refractivity contribution is -0.121. The minimum absolute atomic E-state index is 0. The second kappa shape index (κ2) is 11.7. The van der Waals surface area contributed by atoms with Crippen molar-refractivity contribution in [2.45, 2.75) is 58.9 Å². The van der Waals surface area contributed by atoms with E-state index in [4.69, 9.17) is 5.73 Å². The number of nitrogens with two attached hydrogens (primary N) is 1. The van der Waals surface area contributed by atoms with Gasteiger partial charge in [-0.25, -0.2) is 0 Å². The molecule has 7 heteroatoms. The number of unbranched alkanes of at least 4 members (excludes halogenated alkanes) is 1. The number of carbonyl (C=O) groups excluding carboxylic acids is 1. The van der Waals surface area contributed by atoms with Crippen LogP contribution in [0.15, 0.2) is 0 Å². The Morgan fingerprint density at radius 3 is 2.45 bits per heavy atom. The quantitative estimate of drug-likeness (QED) is 0.754. The summed E-state index contributed by atoms with van der Waals surface area (Å²) in [5.74, 6) is 0.0826. The number of carbonyl (C=O) groups is 1. The monoisotopic (exact) mass is 352 g/mol. The normalized spacial score (nSPS) is 11.3. The highest BCUT2D eigenvalue weighted by Crippen LogP contribution is 2.14. The van der Waals surface area contributed by atoms with Gasteiger partial charge in [0, 0.05) is 31.7 Å². The van der Waals surface area contributed by atoms with Gasteiger partial charge in [0.25, 0.3) is 0 Å². The van der Waals surface area contributed by atoms with Crippen molar-refractivity contribution in [3.63, 3.8) is 0 Å². The third-order valence-corrected chi connectivity index (χ3v) is 3.82. The van der Waals surface area contributed by atoms with E-state index in [0.717, 1.165) is 37.1 Å². The first kappa shape index (κ1) is 23.5. The van der Waals surface area contributed by atoms with Gasteiger partial charge in [-0.15, -0.1) is 24.8 Å². The van der Waals surface area contributed by atoms with Crippen LogP contribution < -0.4 is 11.1 Å². The Kier molecular flexibility index (Phi) is 12.5. The molecule has 1 rings (SSSR count). The lowest BCUT2D eigenvalue weighted by atomic mass is 10.1. The number of hydrogen-bond acceptors (Lipinski definition) is 3. The minimum atomic E-state index is 0. The molecule has 0 saturated heterocycles. The number of nitrogens with one attached hydrogen (secondary N) is 1. The molecule has 0 bridgehead atoms. The summed E-state index contributed by atoms with van der Waals surface area (Å²) in [6, 6.07) is 0.110. The zero-order valence-electron chi connectivity index (χ0n) is 14.0. The number of halogens is 2. The van der Waals surface area contributed by atoms with Crippen LogP contribution in [-0.4, -0.2) is 28.3 Å². The molecule has 0 aliphatic rings. The van der Waals surface area contributed by atoms with Crippen LogP contribution in [0.4, 0.5) is 0 Å². The van der Waals surface area contributed by atoms with Crippen LogP contribution in [0, 0.1) is 13.8 Å². The maximum absolute atomic E-state index is 12.0. The fourth-order valence-corrected chi connectivity index (χ4v) is 2.42. The number of amides is 1. The zero-order valence-corrected chi connectivity index (χ0v) is 15.6. The molecule has 1 unspecified atom stereocenters. The van der Waals surface area contributed by atoms with Gasteiger partial charge in [0.2, 0.25) is 5.91 Å². The highest BCUT2D eigenvalue weighted by Gasteiger charge is 2.13. The van der Waals surface area contributed by atoms with E-state index < -0.39 is 0 Å². The van der Waals surface area contributed by atoms with Crippen molar-refractivity contribution in [2.24, 2.45) is 12.8 Å². The second-order valence-corrected chi connectivity index (χ2v) is 5.42. The first-order valence-electron chi connectivity index (χ1n) is 7.48. The van der Waals surface area contributed by atoms with Crippen LogP contribution in [-0.2, 0) is 18.3 Å². The van der Waals surface area contributed by atoms with Gasteiger partial charge >= 0.3 is 0 Å². The summed E-state index contributed by atoms with van der Waals surface area (Å²) in [4.78, 5) is 12.0. The molecule has 0 radical (unpaired) electrons. The third kappa shape index (κ3) is 6.99. The Hall–Kier alpha value is -0.780. The summed E-state index contributed by atoms with van der Waals surface area (Å²) in [6.07, 6.45) is 4.42. The summed E-state index contributed by atoms with van der Waals surface area (Å²) in [5, 5.41) is 7.40. The Bertz CT molecular complexity index is 449. The second-order valence-electron chi connectivity index (χ2n) is 5.42. The standard InChI is InChI=1S/C15H28N4O.2ClH/c1-5-6-7-13(10-16)17-15(20)9-8-14-11(2)18-19(4)12(14)3;;/h13H,5-10,16H2,1-4H3,(H,17,20);2*1H. The Balaban J connectivity index is 0. The smallest absolute Gasteiger partial charge is 0.220 e. The highest BCUT2D eigenvalue weighted by atomic mass is 35.5. The van der Waals surface area contributed by atoms with Gasteiger partial charge in [0.1, 0.15) is 0 Å². The molecule has 3 N–H and O–H groups in total. The molecule has 1 heterocycles. The Labute approximate surface area is 146 Å². The first-order valence-corrected chi connectivity index (χ1v) is 7.48. The number of aryl methyl sites for hydroxylation is 2. The van der Waals surface area contributed by atoms with Gasteiger partial charge in [0.05, 0.1) is 5.69 Å². The predicted molar refractivity (Wildman–Crippen MR) is 96.0 cm³/mol. The van der Waals surface area contributed by atoms with E-state index in [-0.39, 0.29) is 36.8 Å². The molecular formula is C15H30Cl2N4O. The molecule has 0 saturated carbocycles. The lowest BCUT2D eigenvalue weighted by Crippen LogP contribution is -2.40. The van der Waals surface area contributed by atoms with E-state index >= 15 is 0 Å². The van der Waals surface area contributed by atoms with Crippen LogP contribution in [0.2, 0.25) is 0 Å². The van der Waals surface area contributed by atoms with Gasteiger partial charge in [-0.3, -0.25) is 9.48 Å². The van der Waals surface area contributed by atoms with Gasteiger partial charge in [0.15, 0.2) is 0 Å². The maximum Gasteiger partial charge on any atom is 0.220 e. The fourth-order valence-electron chi connectivity index (χ4n) is 2.42. The van der Waals surface area contributed by atoms with E-state index in [1.54, 1.807) is 0 Å². The fraction of sp³-hybridized carbons (Fsp3) is 0.733. The number of aromatic nitrogens is 2. The average molecular weight is 353 g/mol. The number of hydrogen-bond donors (Lipinski definition) is 2. The Morgan fingerprint density at radius 1 is 1.36 bits per heavy atom. The van der Waals surface area contributed by atoms with Crippen molar-refractivity contribution < 1.29 is 4.79 Å². The molecule has 5 nitrogen and oxygen atoms in total. The van der Waals surface area contributed by atoms with Gasteiger partial charge < -0.3 is 11.1 Å². The SMILES string of the molecule is CCCCC(CN)NC(=O)CCc1c(C)nn(C)c1C.Cl.Cl. The minimum Gasteiger partial charge on any atom is -0.352 e. The van der Waals surface area contributed by atoms with Crippen molar-refractivity contribution in [3.8, 4) is 0 Å². The maximum atomic E-state index is 12.0. The van der Waals surface area contributed by atoms with Crippen molar-refractivity contribution in [1.82, 2.24) is 15.1 Å². The molecule has 1 aromatic rings. The molecule has 1 amide bonds. The van der Waals surface area contributed by atoms with Crippen molar-refractivity contribution in [1.29, 1.82) is 0 Å². The molecule has 0 aromatic carbocycles. The number of nitrogens with zero attached hydrogens (tertiary/aromatic N) is 2. The molecule has 1 atom stereocenters. The summed E-state index contributed by atoms with van der Waals surface area (Å²) >= 11 is 0. The molecule has 0 fully saturated rings. The lowest BCUT2D eigenvalue weighted by Gasteiger charge is -2.16. The van der Waals surface area contributed by atoms with Crippen molar-refractivity contribution >= 4 is 30.7 Å². The van der Waals surface area contributed by atoms with Crippen LogP contribution in [0.5, 0.6) is 0 Å². The van der Waals surface area contributed by atoms with E-state index in [0.29, 0.717) is 13.0 Å². The van der Waals surface area contributed by atoms with Crippen LogP contribution >= 0.6 is 24.8 Å². The van der Waals surface area contributed by atoms with Gasteiger partial charge in [-0.05, 0) is 32.3 Å². The largest absolute Gasteiger partial charge is 0.352 e. The first-order chi connectivity index (χ1) is 9.49. The average Bonchev–Trinajstić information content (AvgIpc) is 2.66. The summed E-state index contributed by atoms with van der Waals surface area (Å²) < 4.78 is 1.87. The molecule has 130 valence electrons. The van der Waals surface area contributed by atoms with Crippen LogP contribution in [0.3, 0.4) is 0 Å². The molecular weight excluding hydrogens is 323 g/mol. The molecule has 0 spiro atoms. The topological polar surface area (TPSA) is 72.9 Å². The third-order valence-electron chi connectivity index (χ3n) is 3.82. The van der Waals surface area contributed by atoms with Crippen molar-refractivity contribution in [2.75, 3.05) is 6.54 Å². The van der Waals surface area contributed by atoms with Crippen LogP contribution in [0.1, 0.15) is 49.6 Å². The van der Waals surface area contributed by atoms with E-state index in [1.165, 1.54) is 5.56 Å². The van der Waals surface area contributed by atoms with Crippen LogP contribution in [0.25, 0.3) is 0 Å². The van der Waals surface area contributed by atoms with Crippen molar-refractivity contribution in [3.05, 3.63) is 17.0 Å². The molecule has 22 heavy (non-hydrogen) atoms. The molecule has 0 aliphatic carbocycles. The zero-order chi connectivity index (χ0) is 15.1. The van der Waals surface area contributed by atoms with E-state index in [9.17, 15) is 4.79 Å². The Morgan fingerprint density at radius 2 is 2.00 bits per heavy atom. The predicted octanol–water partition coefficient (Wildman–Crippen LogP) is 2.45. The highest BCUT2D eigenvalue weighted by molar-refractivity contribution is 5.85. The van der Waals surface area contributed by atoms with E-state index in [2.05, 4.69) is 17.3 Å².